The minimum atomic E-state index is 0.606. The van der Waals surface area contributed by atoms with Gasteiger partial charge in [-0.25, -0.2) is 0 Å². The molecule has 0 aromatic heterocycles. The Bertz CT molecular complexity index is 121. The van der Waals surface area contributed by atoms with E-state index >= 15 is 0 Å². The van der Waals surface area contributed by atoms with E-state index in [0.29, 0.717) is 6.10 Å². The molecule has 1 aliphatic heterocycles. The smallest absolute Gasteiger partial charge is 0.0575 e. The van der Waals surface area contributed by atoms with E-state index in [9.17, 15) is 0 Å². The van der Waals surface area contributed by atoms with E-state index in [0.717, 1.165) is 12.5 Å². The minimum absolute atomic E-state index is 0.606. The molecule has 0 amide bonds. The van der Waals surface area contributed by atoms with E-state index in [1.54, 1.807) is 0 Å². The van der Waals surface area contributed by atoms with Crippen LogP contribution in [0.15, 0.2) is 0 Å². The lowest BCUT2D eigenvalue weighted by atomic mass is 10.1. The average molecular weight is 183 g/mol. The van der Waals surface area contributed by atoms with Crippen LogP contribution in [0.2, 0.25) is 0 Å². The van der Waals surface area contributed by atoms with E-state index in [-0.39, 0.29) is 0 Å². The summed E-state index contributed by atoms with van der Waals surface area (Å²) in [6.07, 6.45) is 8.61. The zero-order valence-electron chi connectivity index (χ0n) is 8.43. The summed E-state index contributed by atoms with van der Waals surface area (Å²) in [6.45, 7) is 3.43. The molecule has 2 rings (SSSR count). The van der Waals surface area contributed by atoms with E-state index in [4.69, 9.17) is 4.74 Å². The number of rotatable bonds is 4. The highest BCUT2D eigenvalue weighted by Crippen LogP contribution is 2.22. The fourth-order valence-corrected chi connectivity index (χ4v) is 2.42. The molecule has 0 aromatic rings. The molecule has 0 radical (unpaired) electrons. The van der Waals surface area contributed by atoms with Crippen molar-refractivity contribution in [2.24, 2.45) is 5.92 Å². The molecule has 76 valence electrons. The topological polar surface area (TPSA) is 21.3 Å². The SMILES string of the molecule is C1CCC(OCCC2CCNC2)C1. The molecule has 2 aliphatic rings. The van der Waals surface area contributed by atoms with E-state index in [2.05, 4.69) is 5.32 Å². The van der Waals surface area contributed by atoms with Crippen molar-refractivity contribution in [1.82, 2.24) is 5.32 Å². The lowest BCUT2D eigenvalue weighted by Gasteiger charge is -2.13. The molecule has 1 heterocycles. The Hall–Kier alpha value is -0.0800. The van der Waals surface area contributed by atoms with Crippen LogP contribution < -0.4 is 5.32 Å². The molecule has 2 nitrogen and oxygen atoms in total. The maximum Gasteiger partial charge on any atom is 0.0575 e. The molecule has 0 aromatic carbocycles. The largest absolute Gasteiger partial charge is 0.378 e. The summed E-state index contributed by atoms with van der Waals surface area (Å²) in [6, 6.07) is 0. The van der Waals surface area contributed by atoms with Gasteiger partial charge >= 0.3 is 0 Å². The van der Waals surface area contributed by atoms with Crippen molar-refractivity contribution in [3.8, 4) is 0 Å². The molecule has 2 heteroatoms. The zero-order valence-corrected chi connectivity index (χ0v) is 8.43. The zero-order chi connectivity index (χ0) is 8.93. The van der Waals surface area contributed by atoms with Crippen LogP contribution in [0.25, 0.3) is 0 Å². The second kappa shape index (κ2) is 4.97. The van der Waals surface area contributed by atoms with E-state index in [1.807, 2.05) is 0 Å². The van der Waals surface area contributed by atoms with Crippen molar-refractivity contribution in [3.05, 3.63) is 0 Å². The highest BCUT2D eigenvalue weighted by molar-refractivity contribution is 4.71. The summed E-state index contributed by atoms with van der Waals surface area (Å²) >= 11 is 0. The van der Waals surface area contributed by atoms with Gasteiger partial charge in [0, 0.05) is 6.61 Å². The van der Waals surface area contributed by atoms with Crippen molar-refractivity contribution in [2.45, 2.75) is 44.6 Å². The second-order valence-corrected chi connectivity index (χ2v) is 4.42. The quantitative estimate of drug-likeness (QED) is 0.719. The minimum Gasteiger partial charge on any atom is -0.378 e. The average Bonchev–Trinajstić information content (AvgIpc) is 2.75. The highest BCUT2D eigenvalue weighted by Gasteiger charge is 2.17. The summed E-state index contributed by atoms with van der Waals surface area (Å²) in [5.41, 5.74) is 0. The third-order valence-electron chi connectivity index (χ3n) is 3.34. The number of nitrogens with one attached hydrogen (secondary N) is 1. The predicted molar refractivity (Wildman–Crippen MR) is 53.8 cm³/mol. The van der Waals surface area contributed by atoms with Crippen LogP contribution in [0.3, 0.4) is 0 Å². The lowest BCUT2D eigenvalue weighted by Crippen LogP contribution is -2.14. The monoisotopic (exact) mass is 183 g/mol. The molecule has 1 unspecified atom stereocenters. The van der Waals surface area contributed by atoms with Gasteiger partial charge in [0.15, 0.2) is 0 Å². The van der Waals surface area contributed by atoms with Crippen LogP contribution in [-0.2, 0) is 4.74 Å². The van der Waals surface area contributed by atoms with Crippen LogP contribution in [0, 0.1) is 5.92 Å². The van der Waals surface area contributed by atoms with Gasteiger partial charge in [0.05, 0.1) is 6.10 Å². The Morgan fingerprint density at radius 1 is 1.15 bits per heavy atom. The van der Waals surface area contributed by atoms with Crippen molar-refractivity contribution in [1.29, 1.82) is 0 Å². The Morgan fingerprint density at radius 2 is 2.00 bits per heavy atom. The Balaban J connectivity index is 1.52. The summed E-state index contributed by atoms with van der Waals surface area (Å²) in [5.74, 6) is 0.890. The first kappa shape index (κ1) is 9.47. The van der Waals surface area contributed by atoms with Crippen molar-refractivity contribution < 1.29 is 4.74 Å². The third kappa shape index (κ3) is 2.96. The maximum absolute atomic E-state index is 5.84. The van der Waals surface area contributed by atoms with Crippen LogP contribution in [0.4, 0.5) is 0 Å². The van der Waals surface area contributed by atoms with Gasteiger partial charge in [0.25, 0.3) is 0 Å². The van der Waals surface area contributed by atoms with Crippen LogP contribution in [0.1, 0.15) is 38.5 Å². The lowest BCUT2D eigenvalue weighted by molar-refractivity contribution is 0.0505. The predicted octanol–water partition coefficient (Wildman–Crippen LogP) is 1.95. The number of hydrogen-bond donors (Lipinski definition) is 1. The third-order valence-corrected chi connectivity index (χ3v) is 3.34. The molecule has 13 heavy (non-hydrogen) atoms. The molecule has 1 aliphatic carbocycles. The summed E-state index contributed by atoms with van der Waals surface area (Å²) in [7, 11) is 0. The summed E-state index contributed by atoms with van der Waals surface area (Å²) in [5, 5.41) is 3.40. The van der Waals surface area contributed by atoms with Gasteiger partial charge in [0.1, 0.15) is 0 Å². The molecular formula is C11H21NO. The van der Waals surface area contributed by atoms with Gasteiger partial charge in [-0.1, -0.05) is 12.8 Å². The standard InChI is InChI=1S/C11H21NO/c1-2-4-11(3-1)13-8-6-10-5-7-12-9-10/h10-12H,1-9H2. The molecule has 0 spiro atoms. The Labute approximate surface area is 81.0 Å². The molecular weight excluding hydrogens is 162 g/mol. The van der Waals surface area contributed by atoms with Crippen molar-refractivity contribution in [2.75, 3.05) is 19.7 Å². The Kier molecular flexibility index (Phi) is 3.62. The van der Waals surface area contributed by atoms with Gasteiger partial charge in [-0.2, -0.15) is 0 Å². The molecule has 1 saturated heterocycles. The van der Waals surface area contributed by atoms with Crippen LogP contribution in [0.5, 0.6) is 0 Å². The first-order valence-corrected chi connectivity index (χ1v) is 5.77. The molecule has 1 saturated carbocycles. The van der Waals surface area contributed by atoms with Gasteiger partial charge in [-0.15, -0.1) is 0 Å². The number of hydrogen-bond acceptors (Lipinski definition) is 2. The molecule has 1 atom stereocenters. The normalized spacial score (nSPS) is 30.0. The molecule has 2 fully saturated rings. The van der Waals surface area contributed by atoms with Crippen molar-refractivity contribution >= 4 is 0 Å². The first-order valence-electron chi connectivity index (χ1n) is 5.77. The van der Waals surface area contributed by atoms with Crippen LogP contribution in [-0.4, -0.2) is 25.8 Å². The summed E-state index contributed by atoms with van der Waals surface area (Å²) < 4.78 is 5.84. The van der Waals surface area contributed by atoms with Gasteiger partial charge in [-0.05, 0) is 44.7 Å². The Morgan fingerprint density at radius 3 is 2.69 bits per heavy atom. The fourth-order valence-electron chi connectivity index (χ4n) is 2.42. The highest BCUT2D eigenvalue weighted by atomic mass is 16.5. The van der Waals surface area contributed by atoms with Crippen LogP contribution >= 0.6 is 0 Å². The van der Waals surface area contributed by atoms with Gasteiger partial charge in [0.2, 0.25) is 0 Å². The van der Waals surface area contributed by atoms with Gasteiger partial charge in [-0.3, -0.25) is 0 Å². The maximum atomic E-state index is 5.84. The number of ether oxygens (including phenoxy) is 1. The van der Waals surface area contributed by atoms with Crippen molar-refractivity contribution in [3.63, 3.8) is 0 Å². The van der Waals surface area contributed by atoms with Gasteiger partial charge < -0.3 is 10.1 Å². The first-order chi connectivity index (χ1) is 6.45. The summed E-state index contributed by atoms with van der Waals surface area (Å²) in [4.78, 5) is 0. The van der Waals surface area contributed by atoms with E-state index in [1.165, 1.54) is 51.6 Å². The van der Waals surface area contributed by atoms with E-state index < -0.39 is 0 Å². The fraction of sp³-hybridized carbons (Fsp3) is 1.00. The molecule has 1 N–H and O–H groups in total. The second-order valence-electron chi connectivity index (χ2n) is 4.42. The molecule has 0 bridgehead atoms.